The molecule has 0 radical (unpaired) electrons. The van der Waals surface area contributed by atoms with Crippen LogP contribution in [0.3, 0.4) is 0 Å². The SMILES string of the molecule is Fc1ccc(-c2cn3nc(N4CCC(c5cn[nH]c5)CC4)sc3n2)cc1. The van der Waals surface area contributed by atoms with Gasteiger partial charge in [0.25, 0.3) is 0 Å². The molecule has 0 atom stereocenters. The molecule has 4 heterocycles. The normalized spacial score (nSPS) is 15.8. The third kappa shape index (κ3) is 2.76. The van der Waals surface area contributed by atoms with Crippen LogP contribution in [0, 0.1) is 5.82 Å². The number of hydrogen-bond donors (Lipinski definition) is 1. The third-order valence-corrected chi connectivity index (χ3v) is 5.91. The van der Waals surface area contributed by atoms with Gasteiger partial charge in [0, 0.05) is 24.8 Å². The number of aromatic nitrogens is 5. The first kappa shape index (κ1) is 15.5. The maximum Gasteiger partial charge on any atom is 0.214 e. The molecule has 1 N–H and O–H groups in total. The average molecular weight is 368 g/mol. The molecule has 0 amide bonds. The standard InChI is InChI=1S/C18H17FN6S/c19-15-3-1-13(2-4-15)16-11-25-17(22-16)26-18(23-25)24-7-5-12(6-8-24)14-9-20-21-10-14/h1-4,9-12H,5-8H2,(H,20,21). The van der Waals surface area contributed by atoms with E-state index in [1.807, 2.05) is 23.1 Å². The number of aromatic amines is 1. The van der Waals surface area contributed by atoms with Crippen LogP contribution in [0.4, 0.5) is 9.52 Å². The van der Waals surface area contributed by atoms with Crippen molar-refractivity contribution in [3.8, 4) is 11.3 Å². The number of benzene rings is 1. The maximum absolute atomic E-state index is 13.1. The van der Waals surface area contributed by atoms with Crippen LogP contribution < -0.4 is 4.90 Å². The van der Waals surface area contributed by atoms with Gasteiger partial charge in [-0.2, -0.15) is 5.10 Å². The molecule has 5 rings (SSSR count). The van der Waals surface area contributed by atoms with E-state index in [1.54, 1.807) is 23.5 Å². The second-order valence-corrected chi connectivity index (χ2v) is 7.47. The second kappa shape index (κ2) is 6.21. The second-order valence-electron chi connectivity index (χ2n) is 6.54. The summed E-state index contributed by atoms with van der Waals surface area (Å²) in [6.07, 6.45) is 8.02. The van der Waals surface area contributed by atoms with Crippen molar-refractivity contribution in [1.29, 1.82) is 0 Å². The molecule has 0 unspecified atom stereocenters. The molecular formula is C18H17FN6S. The Labute approximate surface area is 153 Å². The minimum absolute atomic E-state index is 0.242. The fraction of sp³-hybridized carbons (Fsp3) is 0.278. The monoisotopic (exact) mass is 368 g/mol. The Morgan fingerprint density at radius 3 is 2.65 bits per heavy atom. The highest BCUT2D eigenvalue weighted by Crippen LogP contribution is 2.32. The fourth-order valence-electron chi connectivity index (χ4n) is 3.47. The molecule has 8 heteroatoms. The van der Waals surface area contributed by atoms with E-state index in [9.17, 15) is 4.39 Å². The summed E-state index contributed by atoms with van der Waals surface area (Å²) in [5.74, 6) is 0.327. The van der Waals surface area contributed by atoms with E-state index in [2.05, 4.69) is 20.1 Å². The van der Waals surface area contributed by atoms with Gasteiger partial charge in [-0.05, 0) is 48.6 Å². The van der Waals surface area contributed by atoms with E-state index in [0.29, 0.717) is 5.92 Å². The van der Waals surface area contributed by atoms with Crippen LogP contribution in [0.15, 0.2) is 42.9 Å². The summed E-state index contributed by atoms with van der Waals surface area (Å²) in [4.78, 5) is 7.83. The minimum atomic E-state index is -0.242. The van der Waals surface area contributed by atoms with E-state index in [-0.39, 0.29) is 5.82 Å². The van der Waals surface area contributed by atoms with Gasteiger partial charge < -0.3 is 4.90 Å². The number of halogens is 1. The Kier molecular flexibility index (Phi) is 3.70. The van der Waals surface area contributed by atoms with Crippen molar-refractivity contribution in [3.63, 3.8) is 0 Å². The predicted molar refractivity (Wildman–Crippen MR) is 99.0 cm³/mol. The van der Waals surface area contributed by atoms with E-state index in [1.165, 1.54) is 17.7 Å². The van der Waals surface area contributed by atoms with Crippen molar-refractivity contribution in [2.75, 3.05) is 18.0 Å². The summed E-state index contributed by atoms with van der Waals surface area (Å²) in [5.41, 5.74) is 3.00. The zero-order valence-electron chi connectivity index (χ0n) is 14.0. The van der Waals surface area contributed by atoms with Crippen LogP contribution in [-0.4, -0.2) is 37.9 Å². The zero-order valence-corrected chi connectivity index (χ0v) is 14.8. The molecule has 1 aromatic carbocycles. The van der Waals surface area contributed by atoms with Crippen molar-refractivity contribution >= 4 is 21.4 Å². The summed E-state index contributed by atoms with van der Waals surface area (Å²) < 4.78 is 14.9. The molecule has 26 heavy (non-hydrogen) atoms. The highest BCUT2D eigenvalue weighted by atomic mass is 32.1. The molecule has 0 spiro atoms. The van der Waals surface area contributed by atoms with Crippen molar-refractivity contribution in [1.82, 2.24) is 24.8 Å². The first-order valence-corrected chi connectivity index (χ1v) is 9.44. The van der Waals surface area contributed by atoms with Gasteiger partial charge in [-0.15, -0.1) is 5.10 Å². The van der Waals surface area contributed by atoms with Gasteiger partial charge in [-0.3, -0.25) is 5.10 Å². The minimum Gasteiger partial charge on any atom is -0.347 e. The molecule has 1 fully saturated rings. The van der Waals surface area contributed by atoms with Gasteiger partial charge in [-0.25, -0.2) is 13.9 Å². The summed E-state index contributed by atoms with van der Waals surface area (Å²) in [5, 5.41) is 12.7. The van der Waals surface area contributed by atoms with Gasteiger partial charge >= 0.3 is 0 Å². The highest BCUT2D eigenvalue weighted by molar-refractivity contribution is 7.20. The molecule has 1 aliphatic rings. The van der Waals surface area contributed by atoms with Crippen molar-refractivity contribution in [3.05, 3.63) is 54.2 Å². The maximum atomic E-state index is 13.1. The van der Waals surface area contributed by atoms with Gasteiger partial charge in [0.15, 0.2) is 0 Å². The summed E-state index contributed by atoms with van der Waals surface area (Å²) in [6, 6.07) is 6.38. The Morgan fingerprint density at radius 2 is 1.96 bits per heavy atom. The van der Waals surface area contributed by atoms with Crippen LogP contribution in [0.25, 0.3) is 16.2 Å². The van der Waals surface area contributed by atoms with E-state index in [0.717, 1.165) is 47.3 Å². The molecule has 0 saturated carbocycles. The molecule has 1 aliphatic heterocycles. The van der Waals surface area contributed by atoms with Crippen LogP contribution in [0.1, 0.15) is 24.3 Å². The van der Waals surface area contributed by atoms with Crippen LogP contribution in [-0.2, 0) is 0 Å². The number of piperidine rings is 1. The highest BCUT2D eigenvalue weighted by Gasteiger charge is 2.24. The van der Waals surface area contributed by atoms with Crippen LogP contribution >= 0.6 is 11.3 Å². The number of hydrogen-bond acceptors (Lipinski definition) is 5. The third-order valence-electron chi connectivity index (χ3n) is 4.93. The number of nitrogens with one attached hydrogen (secondary N) is 1. The molecule has 132 valence electrons. The Balaban J connectivity index is 1.33. The van der Waals surface area contributed by atoms with E-state index in [4.69, 9.17) is 5.10 Å². The lowest BCUT2D eigenvalue weighted by Crippen LogP contribution is -2.32. The Hall–Kier alpha value is -2.74. The summed E-state index contributed by atoms with van der Waals surface area (Å²) in [6.45, 7) is 1.97. The van der Waals surface area contributed by atoms with Gasteiger partial charge in [0.1, 0.15) is 5.82 Å². The first-order chi connectivity index (χ1) is 12.8. The van der Waals surface area contributed by atoms with Crippen molar-refractivity contribution in [2.24, 2.45) is 0 Å². The van der Waals surface area contributed by atoms with Crippen LogP contribution in [0.5, 0.6) is 0 Å². The van der Waals surface area contributed by atoms with Gasteiger partial charge in [0.2, 0.25) is 10.1 Å². The van der Waals surface area contributed by atoms with Crippen molar-refractivity contribution < 1.29 is 4.39 Å². The lowest BCUT2D eigenvalue weighted by Gasteiger charge is -2.30. The molecule has 6 nitrogen and oxygen atoms in total. The number of rotatable bonds is 3. The molecule has 4 aromatic rings. The lowest BCUT2D eigenvalue weighted by molar-refractivity contribution is 0.504. The number of H-pyrrole nitrogens is 1. The number of imidazole rings is 1. The molecule has 3 aromatic heterocycles. The quantitative estimate of drug-likeness (QED) is 0.599. The average Bonchev–Trinajstić information content (AvgIpc) is 3.39. The molecule has 1 saturated heterocycles. The Morgan fingerprint density at radius 1 is 1.15 bits per heavy atom. The Bertz CT molecular complexity index is 981. The number of nitrogens with zero attached hydrogens (tertiary/aromatic N) is 5. The fourth-order valence-corrected chi connectivity index (χ4v) is 4.40. The van der Waals surface area contributed by atoms with E-state index >= 15 is 0 Å². The lowest BCUT2D eigenvalue weighted by atomic mass is 9.92. The van der Waals surface area contributed by atoms with Gasteiger partial charge in [0.05, 0.1) is 18.1 Å². The summed E-state index contributed by atoms with van der Waals surface area (Å²) in [7, 11) is 0. The smallest absolute Gasteiger partial charge is 0.214 e. The number of fused-ring (bicyclic) bond motifs is 1. The van der Waals surface area contributed by atoms with Gasteiger partial charge in [-0.1, -0.05) is 11.3 Å². The largest absolute Gasteiger partial charge is 0.347 e. The van der Waals surface area contributed by atoms with E-state index < -0.39 is 0 Å². The topological polar surface area (TPSA) is 62.1 Å². The van der Waals surface area contributed by atoms with Crippen molar-refractivity contribution in [2.45, 2.75) is 18.8 Å². The summed E-state index contributed by atoms with van der Waals surface area (Å²) >= 11 is 1.60. The zero-order chi connectivity index (χ0) is 17.5. The van der Waals surface area contributed by atoms with Crippen LogP contribution in [0.2, 0.25) is 0 Å². The predicted octanol–water partition coefficient (Wildman–Crippen LogP) is 3.70. The molecular weight excluding hydrogens is 351 g/mol. The molecule has 0 aliphatic carbocycles. The molecule has 0 bridgehead atoms. The first-order valence-electron chi connectivity index (χ1n) is 8.62. The number of anilines is 1.